The first-order valence-corrected chi connectivity index (χ1v) is 19.7. The summed E-state index contributed by atoms with van der Waals surface area (Å²) in [6.45, 7) is 0.0720. The largest absolute Gasteiger partial charge is 1.00 e. The molecule has 0 saturated carbocycles. The average Bonchev–Trinajstić information content (AvgIpc) is 3.02. The van der Waals surface area contributed by atoms with Crippen molar-refractivity contribution < 1.29 is 160 Å². The van der Waals surface area contributed by atoms with Gasteiger partial charge < -0.3 is 34.1 Å². The number of rotatable bonds is 13. The number of amides is 2. The van der Waals surface area contributed by atoms with E-state index in [2.05, 4.69) is 25.0 Å². The zero-order valence-corrected chi connectivity index (χ0v) is 38.6. The predicted octanol–water partition coefficient (Wildman–Crippen LogP) is -6.75. The van der Waals surface area contributed by atoms with Crippen LogP contribution in [0.1, 0.15) is 17.3 Å². The Labute approximate surface area is 380 Å². The molecule has 0 unspecified atom stereocenters. The van der Waals surface area contributed by atoms with E-state index in [1.165, 1.54) is 37.4 Å². The molecule has 0 radical (unpaired) electrons. The molecule has 0 aromatic heterocycles. The summed E-state index contributed by atoms with van der Waals surface area (Å²) in [6.07, 6.45) is 0. The Morgan fingerprint density at radius 2 is 1.36 bits per heavy atom. The number of carbonyl (C=O) groups is 2. The summed E-state index contributed by atoms with van der Waals surface area (Å²) in [7, 11) is -18.7. The molecule has 3 N–H and O–H groups in total. The van der Waals surface area contributed by atoms with Crippen LogP contribution in [0.15, 0.2) is 85.6 Å². The van der Waals surface area contributed by atoms with Crippen molar-refractivity contribution in [2.45, 2.75) is 21.6 Å². The fourth-order valence-corrected chi connectivity index (χ4v) is 7.19. The third-order valence-corrected chi connectivity index (χ3v) is 10.5. The maximum absolute atomic E-state index is 13.0. The number of carbonyl (C=O) groups excluding carboxylic acids is 2. The molecule has 0 aliphatic rings. The molecule has 55 heavy (non-hydrogen) atoms. The third-order valence-electron chi connectivity index (χ3n) is 6.75. The Morgan fingerprint density at radius 3 is 1.89 bits per heavy atom. The van der Waals surface area contributed by atoms with Crippen LogP contribution in [0.25, 0.3) is 10.8 Å². The summed E-state index contributed by atoms with van der Waals surface area (Å²) >= 11 is 0. The first-order valence-electron chi connectivity index (χ1n) is 13.9. The number of phenols is 1. The van der Waals surface area contributed by atoms with E-state index in [0.717, 1.165) is 19.1 Å². The van der Waals surface area contributed by atoms with Gasteiger partial charge in [-0.2, -0.15) is 5.11 Å². The first-order chi connectivity index (χ1) is 24.0. The Balaban J connectivity index is 0.00000504. The number of sulfone groups is 1. The molecule has 0 aliphatic heterocycles. The van der Waals surface area contributed by atoms with Gasteiger partial charge in [0.1, 0.15) is 31.7 Å². The summed E-state index contributed by atoms with van der Waals surface area (Å²) < 4.78 is 138. The topological polar surface area (TPSA) is 327 Å². The number of phenolic OH excluding ortho intramolecular Hbond substituents is 1. The summed E-state index contributed by atoms with van der Waals surface area (Å²) in [5, 5.41) is 22.4. The molecule has 0 saturated heterocycles. The van der Waals surface area contributed by atoms with Crippen molar-refractivity contribution in [2.24, 2.45) is 10.2 Å². The maximum Gasteiger partial charge on any atom is 1.00 e. The molecule has 4 aromatic rings. The summed E-state index contributed by atoms with van der Waals surface area (Å²) in [4.78, 5) is 22.4. The minimum atomic E-state index is -5.44. The van der Waals surface area contributed by atoms with Crippen LogP contribution in [-0.4, -0.2) is 83.7 Å². The number of hydrogen-bond donors (Lipinski definition) is 3. The second-order valence-corrected chi connectivity index (χ2v) is 16.2. The molecule has 4 aromatic carbocycles. The van der Waals surface area contributed by atoms with Crippen LogP contribution >= 0.6 is 0 Å². The summed E-state index contributed by atoms with van der Waals surface area (Å²) in [5.74, 6) is -3.44. The van der Waals surface area contributed by atoms with Crippen molar-refractivity contribution in [3.05, 3.63) is 66.2 Å². The van der Waals surface area contributed by atoms with Crippen molar-refractivity contribution in [1.29, 1.82) is 0 Å². The van der Waals surface area contributed by atoms with Crippen molar-refractivity contribution >= 4 is 85.8 Å². The van der Waals surface area contributed by atoms with Crippen molar-refractivity contribution in [1.82, 2.24) is 0 Å². The Morgan fingerprint density at radius 1 is 0.764 bits per heavy atom. The molecule has 0 heterocycles. The number of nitrogens with one attached hydrogen (secondary N) is 2. The van der Waals surface area contributed by atoms with Gasteiger partial charge in [-0.25, -0.2) is 33.7 Å². The number of nitrogens with zero attached hydrogens (tertiary/aromatic N) is 2. The number of hydrogen-bond acceptors (Lipinski definition) is 18. The zero-order chi connectivity index (χ0) is 38.8. The number of azo groups is 1. The van der Waals surface area contributed by atoms with Gasteiger partial charge in [-0.05, 0) is 66.0 Å². The van der Waals surface area contributed by atoms with Crippen LogP contribution in [0, 0.1) is 0 Å². The van der Waals surface area contributed by atoms with Crippen LogP contribution < -0.4 is 104 Å². The van der Waals surface area contributed by atoms with E-state index >= 15 is 0 Å². The van der Waals surface area contributed by atoms with Gasteiger partial charge in [0, 0.05) is 17.9 Å². The quantitative estimate of drug-likeness (QED) is 0.0487. The normalized spacial score (nSPS) is 11.9. The van der Waals surface area contributed by atoms with Crippen LogP contribution in [-0.2, 0) is 49.5 Å². The molecular formula is C28H23N4Na3O16S4. The van der Waals surface area contributed by atoms with Crippen LogP contribution in [0.4, 0.5) is 22.7 Å². The second-order valence-electron chi connectivity index (χ2n) is 10.3. The van der Waals surface area contributed by atoms with Gasteiger partial charge in [0.05, 0.1) is 51.2 Å². The number of benzene rings is 4. The van der Waals surface area contributed by atoms with Gasteiger partial charge in [0.2, 0.25) is 16.3 Å². The van der Waals surface area contributed by atoms with Crippen molar-refractivity contribution in [2.75, 3.05) is 30.1 Å². The fourth-order valence-electron chi connectivity index (χ4n) is 4.50. The minimum absolute atomic E-state index is 0. The molecule has 4 rings (SSSR count). The average molecular weight is 869 g/mol. The SMILES string of the molecule is COc1ccc(S(=O)(=O)CCOS(=O)(=O)[O-])cc1NC(=O)c1ccc(N=Nc2c(S(=O)(=O)[O-])cc3cc(S(=O)(=O)[O-])cc(NC(C)=O)c3c2O)cc1.[Na+].[Na+].[Na+]. The van der Waals surface area contributed by atoms with Gasteiger partial charge in [0.15, 0.2) is 15.6 Å². The van der Waals surface area contributed by atoms with E-state index in [-0.39, 0.29) is 122 Å². The Hall–Kier alpha value is -2.08. The van der Waals surface area contributed by atoms with E-state index in [1.807, 2.05) is 0 Å². The Bertz CT molecular complexity index is 2590. The van der Waals surface area contributed by atoms with Gasteiger partial charge in [0.25, 0.3) is 5.91 Å². The van der Waals surface area contributed by atoms with Gasteiger partial charge in [-0.1, -0.05) is 0 Å². The molecule has 0 spiro atoms. The summed E-state index contributed by atoms with van der Waals surface area (Å²) in [5.41, 5.74) is -1.55. The molecule has 0 fully saturated rings. The second kappa shape index (κ2) is 20.1. The number of ether oxygens (including phenoxy) is 1. The number of anilines is 2. The van der Waals surface area contributed by atoms with E-state index in [0.29, 0.717) is 18.2 Å². The van der Waals surface area contributed by atoms with Gasteiger partial charge in [-0.3, -0.25) is 13.8 Å². The summed E-state index contributed by atoms with van der Waals surface area (Å²) in [6, 6.07) is 10.2. The monoisotopic (exact) mass is 868 g/mol. The number of aromatic hydroxyl groups is 1. The fraction of sp³-hybridized carbons (Fsp3) is 0.143. The van der Waals surface area contributed by atoms with Crippen molar-refractivity contribution in [3.63, 3.8) is 0 Å². The zero-order valence-electron chi connectivity index (χ0n) is 29.3. The minimum Gasteiger partial charge on any atom is -0.744 e. The van der Waals surface area contributed by atoms with Gasteiger partial charge in [-0.15, -0.1) is 5.11 Å². The Kier molecular flexibility index (Phi) is 18.6. The molecule has 0 aliphatic carbocycles. The molecule has 278 valence electrons. The molecule has 20 nitrogen and oxygen atoms in total. The van der Waals surface area contributed by atoms with Crippen molar-refractivity contribution in [3.8, 4) is 11.5 Å². The molecule has 2 amide bonds. The smallest absolute Gasteiger partial charge is 0.744 e. The van der Waals surface area contributed by atoms with E-state index < -0.39 is 96.9 Å². The van der Waals surface area contributed by atoms with E-state index in [1.54, 1.807) is 0 Å². The molecule has 0 atom stereocenters. The van der Waals surface area contributed by atoms with Gasteiger partial charge >= 0.3 is 88.7 Å². The standard InChI is InChI=1S/C28H26N4O16S4.3Na/c1-15(33)29-22-14-20(50(38,39)40)11-17-12-24(51(41,42)43)26(27(34)25(17)22)32-31-18-5-3-16(4-6-18)28(35)30-21-13-19(7-8-23(21)47-2)49(36,37)10-9-48-52(44,45)46;;;/h3-8,11-14,34H,9-10H2,1-2H3,(H,29,33)(H,30,35)(H,38,39,40)(H,41,42,43)(H,44,45,46);;;/q;3*+1/p-3. The molecule has 0 bridgehead atoms. The van der Waals surface area contributed by atoms with Crippen LogP contribution in [0.2, 0.25) is 0 Å². The molecule has 27 heteroatoms. The maximum atomic E-state index is 13.0. The first kappa shape index (κ1) is 50.9. The number of methoxy groups -OCH3 is 1. The van der Waals surface area contributed by atoms with Crippen LogP contribution in [0.5, 0.6) is 11.5 Å². The third kappa shape index (κ3) is 13.5. The predicted molar refractivity (Wildman–Crippen MR) is 175 cm³/mol. The van der Waals surface area contributed by atoms with E-state index in [9.17, 15) is 62.0 Å². The number of fused-ring (bicyclic) bond motifs is 1. The molecular weight excluding hydrogens is 846 g/mol. The van der Waals surface area contributed by atoms with Crippen LogP contribution in [0.3, 0.4) is 0 Å². The van der Waals surface area contributed by atoms with E-state index in [4.69, 9.17) is 4.74 Å².